The zero-order valence-corrected chi connectivity index (χ0v) is 29.4. The highest BCUT2D eigenvalue weighted by molar-refractivity contribution is 5.88. The van der Waals surface area contributed by atoms with Crippen LogP contribution in [0.2, 0.25) is 0 Å². The van der Waals surface area contributed by atoms with Gasteiger partial charge in [-0.1, -0.05) is 48.9 Å². The first-order chi connectivity index (χ1) is 24.8. The van der Waals surface area contributed by atoms with E-state index in [0.717, 1.165) is 55.8 Å². The average molecular weight is 701 g/mol. The highest BCUT2D eigenvalue weighted by atomic mass is 16.4. The molecule has 0 bridgehead atoms. The molecule has 0 spiro atoms. The second kappa shape index (κ2) is 21.5. The Balaban J connectivity index is 1.19. The molecule has 4 N–H and O–H groups in total. The molecule has 2 aromatic heterocycles. The number of aromatic nitrogens is 2. The Kier molecular flexibility index (Phi) is 16.5. The number of hydrogen-bond donors (Lipinski definition) is 4. The van der Waals surface area contributed by atoms with E-state index >= 15 is 0 Å². The van der Waals surface area contributed by atoms with Crippen LogP contribution in [-0.4, -0.2) is 91.5 Å². The minimum atomic E-state index is -1.05. The number of nitrogens with one attached hydrogen (secondary N) is 2. The number of rotatable bonds is 23. The summed E-state index contributed by atoms with van der Waals surface area (Å²) >= 11 is 0. The Morgan fingerprint density at radius 1 is 0.804 bits per heavy atom. The molecule has 0 saturated carbocycles. The first-order valence-electron chi connectivity index (χ1n) is 18.1. The number of pyridine rings is 2. The molecule has 0 aliphatic carbocycles. The molecule has 51 heavy (non-hydrogen) atoms. The van der Waals surface area contributed by atoms with Gasteiger partial charge in [0.25, 0.3) is 0 Å². The maximum atomic E-state index is 13.6. The number of nitrogens with zero attached hydrogens (tertiary/aromatic N) is 4. The lowest BCUT2D eigenvalue weighted by Crippen LogP contribution is -2.54. The molecular formula is C39H52N6O6. The number of benzene rings is 1. The number of unbranched alkanes of at least 4 members (excludes halogenated alkanes) is 3. The van der Waals surface area contributed by atoms with E-state index in [1.807, 2.05) is 66.7 Å². The van der Waals surface area contributed by atoms with Crippen LogP contribution in [0.3, 0.4) is 0 Å². The number of carboxylic acid groups (broad SMARTS) is 2. The Bertz CT molecular complexity index is 1450. The third-order valence-electron chi connectivity index (χ3n) is 9.23. The molecule has 12 heteroatoms. The minimum Gasteiger partial charge on any atom is -0.480 e. The maximum Gasteiger partial charge on any atom is 0.326 e. The summed E-state index contributed by atoms with van der Waals surface area (Å²) in [5, 5.41) is 25.7. The van der Waals surface area contributed by atoms with Gasteiger partial charge in [0.05, 0.1) is 17.4 Å². The van der Waals surface area contributed by atoms with Crippen LogP contribution in [0.4, 0.5) is 0 Å². The summed E-state index contributed by atoms with van der Waals surface area (Å²) in [6.45, 7) is 3.09. The summed E-state index contributed by atoms with van der Waals surface area (Å²) in [6.07, 6.45) is 9.93. The Hall–Kier alpha value is -4.68. The molecule has 274 valence electrons. The summed E-state index contributed by atoms with van der Waals surface area (Å²) in [6, 6.07) is 18.7. The minimum absolute atomic E-state index is 0.0206. The Morgan fingerprint density at radius 2 is 1.49 bits per heavy atom. The van der Waals surface area contributed by atoms with E-state index in [1.165, 1.54) is 4.90 Å². The van der Waals surface area contributed by atoms with Crippen molar-refractivity contribution < 1.29 is 29.4 Å². The molecule has 3 atom stereocenters. The molecule has 2 amide bonds. The summed E-state index contributed by atoms with van der Waals surface area (Å²) in [5.41, 5.74) is 3.01. The molecule has 0 radical (unpaired) electrons. The third-order valence-corrected chi connectivity index (χ3v) is 9.23. The quantitative estimate of drug-likeness (QED) is 0.104. The van der Waals surface area contributed by atoms with Crippen molar-refractivity contribution in [2.75, 3.05) is 19.6 Å². The van der Waals surface area contributed by atoms with Gasteiger partial charge in [-0.3, -0.25) is 34.6 Å². The van der Waals surface area contributed by atoms with Crippen molar-refractivity contribution in [2.24, 2.45) is 0 Å². The van der Waals surface area contributed by atoms with Gasteiger partial charge < -0.3 is 20.4 Å². The molecule has 1 aliphatic heterocycles. The lowest BCUT2D eigenvalue weighted by molar-refractivity contribution is -0.149. The average Bonchev–Trinajstić information content (AvgIpc) is 3.64. The largest absolute Gasteiger partial charge is 0.480 e. The SMILES string of the molecule is O=C(CCCCCN(Cc1ccccn1)Cc1ccccn1)NCCCC[C@H](N[C@H](CCc1ccccc1)C(=O)O)C(=O)N1CCC[C@H]1C(=O)O. The van der Waals surface area contributed by atoms with Crippen LogP contribution >= 0.6 is 0 Å². The van der Waals surface area contributed by atoms with Crippen LogP contribution in [0.1, 0.15) is 81.2 Å². The smallest absolute Gasteiger partial charge is 0.326 e. The fourth-order valence-electron chi connectivity index (χ4n) is 6.49. The zero-order valence-electron chi connectivity index (χ0n) is 29.4. The van der Waals surface area contributed by atoms with Gasteiger partial charge in [-0.05, 0) is 94.2 Å². The van der Waals surface area contributed by atoms with Crippen molar-refractivity contribution in [3.8, 4) is 0 Å². The van der Waals surface area contributed by atoms with E-state index in [9.17, 15) is 29.4 Å². The molecule has 1 fully saturated rings. The fourth-order valence-corrected chi connectivity index (χ4v) is 6.49. The standard InChI is InChI=1S/C39H52N6O6/c46-36(20-5-2-12-26-44(28-31-16-6-9-23-40-31)29-32-17-7-10-24-41-32)42-25-11-8-18-33(37(47)45-27-13-19-35(45)39(50)51)43-34(38(48)49)22-21-30-14-3-1-4-15-30/h1,3-4,6-7,9-10,14-17,23-24,33-35,43H,2,5,8,11-13,18-22,25-29H2,(H,42,46)(H,48,49)(H,50,51)/t33-,34+,35-/m0/s1. The highest BCUT2D eigenvalue weighted by Gasteiger charge is 2.38. The van der Waals surface area contributed by atoms with Crippen LogP contribution in [0.25, 0.3) is 0 Å². The Labute approximate surface area is 300 Å². The molecule has 1 aliphatic rings. The first kappa shape index (κ1) is 39.1. The molecular weight excluding hydrogens is 648 g/mol. The normalized spacial score (nSPS) is 15.4. The lowest BCUT2D eigenvalue weighted by atomic mass is 10.0. The summed E-state index contributed by atoms with van der Waals surface area (Å²) in [4.78, 5) is 62.8. The zero-order chi connectivity index (χ0) is 36.3. The van der Waals surface area contributed by atoms with Crippen molar-refractivity contribution in [3.63, 3.8) is 0 Å². The van der Waals surface area contributed by atoms with Gasteiger partial charge in [-0.15, -0.1) is 0 Å². The predicted molar refractivity (Wildman–Crippen MR) is 193 cm³/mol. The van der Waals surface area contributed by atoms with Gasteiger partial charge >= 0.3 is 11.9 Å². The van der Waals surface area contributed by atoms with Gasteiger partial charge in [0.2, 0.25) is 11.8 Å². The van der Waals surface area contributed by atoms with Gasteiger partial charge in [0, 0.05) is 45.0 Å². The monoisotopic (exact) mass is 700 g/mol. The molecule has 1 aromatic carbocycles. The van der Waals surface area contributed by atoms with Crippen molar-refractivity contribution in [3.05, 3.63) is 96.1 Å². The summed E-state index contributed by atoms with van der Waals surface area (Å²) in [7, 11) is 0. The van der Waals surface area contributed by atoms with Crippen molar-refractivity contribution >= 4 is 23.8 Å². The van der Waals surface area contributed by atoms with Gasteiger partial charge in [-0.25, -0.2) is 4.79 Å². The fraction of sp³-hybridized carbons (Fsp3) is 0.487. The van der Waals surface area contributed by atoms with Gasteiger partial charge in [-0.2, -0.15) is 0 Å². The number of carboxylic acids is 2. The van der Waals surface area contributed by atoms with Crippen molar-refractivity contribution in [2.45, 2.75) is 102 Å². The second-order valence-corrected chi connectivity index (χ2v) is 13.2. The first-order valence-corrected chi connectivity index (χ1v) is 18.1. The topological polar surface area (TPSA) is 165 Å². The highest BCUT2D eigenvalue weighted by Crippen LogP contribution is 2.21. The van der Waals surface area contributed by atoms with E-state index < -0.39 is 30.1 Å². The van der Waals surface area contributed by atoms with Crippen LogP contribution < -0.4 is 10.6 Å². The van der Waals surface area contributed by atoms with E-state index in [1.54, 1.807) is 12.4 Å². The van der Waals surface area contributed by atoms with E-state index in [0.29, 0.717) is 58.0 Å². The molecule has 3 aromatic rings. The van der Waals surface area contributed by atoms with E-state index in [2.05, 4.69) is 25.5 Å². The van der Waals surface area contributed by atoms with Crippen LogP contribution in [0, 0.1) is 0 Å². The van der Waals surface area contributed by atoms with E-state index in [4.69, 9.17) is 0 Å². The van der Waals surface area contributed by atoms with Gasteiger partial charge in [0.1, 0.15) is 12.1 Å². The second-order valence-electron chi connectivity index (χ2n) is 13.2. The number of aryl methyl sites for hydroxylation is 1. The third kappa shape index (κ3) is 13.9. The van der Waals surface area contributed by atoms with Crippen molar-refractivity contribution in [1.82, 2.24) is 30.4 Å². The molecule has 1 saturated heterocycles. The van der Waals surface area contributed by atoms with Gasteiger partial charge in [0.15, 0.2) is 0 Å². The predicted octanol–water partition coefficient (Wildman–Crippen LogP) is 4.45. The molecule has 0 unspecified atom stereocenters. The lowest BCUT2D eigenvalue weighted by Gasteiger charge is -2.29. The number of aliphatic carboxylic acids is 2. The van der Waals surface area contributed by atoms with Crippen molar-refractivity contribution in [1.29, 1.82) is 0 Å². The Morgan fingerprint density at radius 3 is 2.12 bits per heavy atom. The summed E-state index contributed by atoms with van der Waals surface area (Å²) in [5.74, 6) is -2.50. The summed E-state index contributed by atoms with van der Waals surface area (Å²) < 4.78 is 0. The van der Waals surface area contributed by atoms with Crippen LogP contribution in [0.15, 0.2) is 79.1 Å². The number of carbonyl (C=O) groups excluding carboxylic acids is 2. The maximum absolute atomic E-state index is 13.6. The molecule has 3 heterocycles. The van der Waals surface area contributed by atoms with Crippen LogP contribution in [-0.2, 0) is 38.7 Å². The van der Waals surface area contributed by atoms with E-state index in [-0.39, 0.29) is 18.2 Å². The number of carbonyl (C=O) groups is 4. The number of hydrogen-bond acceptors (Lipinski definition) is 8. The molecule has 4 rings (SSSR count). The molecule has 12 nitrogen and oxygen atoms in total. The number of amides is 2. The van der Waals surface area contributed by atoms with Crippen LogP contribution in [0.5, 0.6) is 0 Å². The number of likely N-dealkylation sites (tertiary alicyclic amines) is 1.